The number of anilines is 1. The van der Waals surface area contributed by atoms with Crippen molar-refractivity contribution in [2.45, 2.75) is 18.5 Å². The van der Waals surface area contributed by atoms with Crippen LogP contribution in [0, 0.1) is 5.82 Å². The fourth-order valence-electron chi connectivity index (χ4n) is 2.57. The Hall–Kier alpha value is -0.800. The lowest BCUT2D eigenvalue weighted by atomic mass is 10.2. The van der Waals surface area contributed by atoms with E-state index in [4.69, 9.17) is 11.6 Å². The number of rotatable bonds is 1. The van der Waals surface area contributed by atoms with Crippen molar-refractivity contribution in [2.75, 3.05) is 18.0 Å². The van der Waals surface area contributed by atoms with Crippen molar-refractivity contribution in [2.24, 2.45) is 0 Å². The number of fused-ring (bicyclic) bond motifs is 2. The highest BCUT2D eigenvalue weighted by Gasteiger charge is 2.38. The molecular formula is C11H12ClFN2. The summed E-state index contributed by atoms with van der Waals surface area (Å²) in [6.45, 7) is 1.87. The molecule has 15 heavy (non-hydrogen) atoms. The van der Waals surface area contributed by atoms with Crippen LogP contribution in [-0.2, 0) is 0 Å². The Morgan fingerprint density at radius 1 is 1.47 bits per heavy atom. The van der Waals surface area contributed by atoms with Gasteiger partial charge in [0.1, 0.15) is 5.82 Å². The molecule has 1 aromatic carbocycles. The van der Waals surface area contributed by atoms with Gasteiger partial charge in [0.2, 0.25) is 0 Å². The van der Waals surface area contributed by atoms with Crippen LogP contribution in [0.3, 0.4) is 0 Å². The standard InChI is InChI=1S/C11H12ClFN2/c12-7-1-2-11(10(13)3-7)15-6-8-4-9(15)5-14-8/h1-3,8-9,14H,4-6H2. The lowest BCUT2D eigenvalue weighted by Crippen LogP contribution is -2.43. The SMILES string of the molecule is Fc1cc(Cl)ccc1N1CC2CC1CN2. The summed E-state index contributed by atoms with van der Waals surface area (Å²) < 4.78 is 13.7. The van der Waals surface area contributed by atoms with E-state index in [0.717, 1.165) is 19.5 Å². The molecule has 2 atom stereocenters. The second-order valence-corrected chi connectivity index (χ2v) is 4.68. The molecule has 2 aliphatic rings. The van der Waals surface area contributed by atoms with E-state index >= 15 is 0 Å². The highest BCUT2D eigenvalue weighted by atomic mass is 35.5. The van der Waals surface area contributed by atoms with Crippen molar-refractivity contribution in [1.29, 1.82) is 0 Å². The third kappa shape index (κ3) is 1.50. The topological polar surface area (TPSA) is 15.3 Å². The van der Waals surface area contributed by atoms with Gasteiger partial charge >= 0.3 is 0 Å². The van der Waals surface area contributed by atoms with Crippen molar-refractivity contribution in [3.8, 4) is 0 Å². The highest BCUT2D eigenvalue weighted by Crippen LogP contribution is 2.32. The van der Waals surface area contributed by atoms with Crippen LogP contribution in [0.15, 0.2) is 18.2 Å². The Bertz CT molecular complexity index is 396. The second-order valence-electron chi connectivity index (χ2n) is 4.24. The van der Waals surface area contributed by atoms with Crippen LogP contribution in [0.5, 0.6) is 0 Å². The summed E-state index contributed by atoms with van der Waals surface area (Å²) >= 11 is 5.73. The summed E-state index contributed by atoms with van der Waals surface area (Å²) in [6, 6.07) is 5.89. The van der Waals surface area contributed by atoms with E-state index in [1.807, 2.05) is 0 Å². The van der Waals surface area contributed by atoms with Gasteiger partial charge in [0.05, 0.1) is 5.69 Å². The monoisotopic (exact) mass is 226 g/mol. The average molecular weight is 227 g/mol. The Morgan fingerprint density at radius 2 is 2.33 bits per heavy atom. The molecule has 2 nitrogen and oxygen atoms in total. The van der Waals surface area contributed by atoms with E-state index in [2.05, 4.69) is 10.2 Å². The fourth-order valence-corrected chi connectivity index (χ4v) is 2.73. The summed E-state index contributed by atoms with van der Waals surface area (Å²) in [4.78, 5) is 2.15. The summed E-state index contributed by atoms with van der Waals surface area (Å²) in [6.07, 6.45) is 1.13. The minimum Gasteiger partial charge on any atom is -0.363 e. The molecule has 0 saturated carbocycles. The number of nitrogens with one attached hydrogen (secondary N) is 1. The van der Waals surface area contributed by atoms with Gasteiger partial charge in [-0.05, 0) is 24.6 Å². The molecule has 1 N–H and O–H groups in total. The summed E-state index contributed by atoms with van der Waals surface area (Å²) in [5, 5.41) is 3.85. The molecule has 2 fully saturated rings. The van der Waals surface area contributed by atoms with Crippen LogP contribution >= 0.6 is 11.6 Å². The molecule has 80 valence electrons. The molecule has 0 aliphatic carbocycles. The van der Waals surface area contributed by atoms with Gasteiger partial charge in [-0.25, -0.2) is 4.39 Å². The first-order chi connectivity index (χ1) is 7.24. The molecule has 2 bridgehead atoms. The van der Waals surface area contributed by atoms with Crippen molar-refractivity contribution in [3.63, 3.8) is 0 Å². The van der Waals surface area contributed by atoms with E-state index in [1.54, 1.807) is 12.1 Å². The van der Waals surface area contributed by atoms with E-state index in [9.17, 15) is 4.39 Å². The van der Waals surface area contributed by atoms with Crippen LogP contribution in [0.25, 0.3) is 0 Å². The molecule has 2 saturated heterocycles. The normalized spacial score (nSPS) is 28.8. The summed E-state index contributed by atoms with van der Waals surface area (Å²) in [7, 11) is 0. The van der Waals surface area contributed by atoms with Crippen LogP contribution in [-0.4, -0.2) is 25.2 Å². The zero-order chi connectivity index (χ0) is 10.4. The number of nitrogens with zero attached hydrogens (tertiary/aromatic N) is 1. The third-order valence-corrected chi connectivity index (χ3v) is 3.51. The molecule has 2 heterocycles. The first-order valence-electron chi connectivity index (χ1n) is 5.19. The van der Waals surface area contributed by atoms with Crippen LogP contribution in [0.4, 0.5) is 10.1 Å². The Balaban J connectivity index is 1.93. The minimum absolute atomic E-state index is 0.213. The van der Waals surface area contributed by atoms with E-state index in [0.29, 0.717) is 22.8 Å². The van der Waals surface area contributed by atoms with Gasteiger partial charge in [0.25, 0.3) is 0 Å². The number of halogens is 2. The van der Waals surface area contributed by atoms with Gasteiger partial charge in [-0.15, -0.1) is 0 Å². The molecular weight excluding hydrogens is 215 g/mol. The van der Waals surface area contributed by atoms with Crippen LogP contribution < -0.4 is 10.2 Å². The smallest absolute Gasteiger partial charge is 0.147 e. The summed E-state index contributed by atoms with van der Waals surface area (Å²) in [5.41, 5.74) is 0.688. The third-order valence-electron chi connectivity index (χ3n) is 3.28. The predicted molar refractivity (Wildman–Crippen MR) is 59.0 cm³/mol. The van der Waals surface area contributed by atoms with Gasteiger partial charge in [0, 0.05) is 30.2 Å². The first-order valence-corrected chi connectivity index (χ1v) is 5.57. The molecule has 0 aromatic heterocycles. The van der Waals surface area contributed by atoms with Crippen molar-refractivity contribution in [1.82, 2.24) is 5.32 Å². The number of hydrogen-bond acceptors (Lipinski definition) is 2. The zero-order valence-corrected chi connectivity index (χ0v) is 8.97. The Kier molecular flexibility index (Phi) is 2.11. The van der Waals surface area contributed by atoms with Gasteiger partial charge in [-0.1, -0.05) is 11.6 Å². The number of hydrogen-bond donors (Lipinski definition) is 1. The second kappa shape index (κ2) is 3.35. The Labute approximate surface area is 93.0 Å². The lowest BCUT2D eigenvalue weighted by Gasteiger charge is -2.29. The number of benzene rings is 1. The van der Waals surface area contributed by atoms with Gasteiger partial charge in [-0.2, -0.15) is 0 Å². The maximum atomic E-state index is 13.7. The quantitative estimate of drug-likeness (QED) is 0.789. The fraction of sp³-hybridized carbons (Fsp3) is 0.455. The Morgan fingerprint density at radius 3 is 2.93 bits per heavy atom. The van der Waals surface area contributed by atoms with Crippen LogP contribution in [0.1, 0.15) is 6.42 Å². The van der Waals surface area contributed by atoms with Gasteiger partial charge < -0.3 is 10.2 Å². The maximum Gasteiger partial charge on any atom is 0.147 e. The van der Waals surface area contributed by atoms with Gasteiger partial charge in [0.15, 0.2) is 0 Å². The maximum absolute atomic E-state index is 13.7. The molecule has 1 aromatic rings. The summed E-state index contributed by atoms with van der Waals surface area (Å²) in [5.74, 6) is -0.213. The van der Waals surface area contributed by atoms with E-state index in [1.165, 1.54) is 6.07 Å². The van der Waals surface area contributed by atoms with Crippen LogP contribution in [0.2, 0.25) is 5.02 Å². The molecule has 0 amide bonds. The van der Waals surface area contributed by atoms with Crippen molar-refractivity contribution in [3.05, 3.63) is 29.0 Å². The molecule has 2 unspecified atom stereocenters. The lowest BCUT2D eigenvalue weighted by molar-refractivity contribution is 0.561. The van der Waals surface area contributed by atoms with E-state index < -0.39 is 0 Å². The molecule has 0 radical (unpaired) electrons. The van der Waals surface area contributed by atoms with E-state index in [-0.39, 0.29) is 5.82 Å². The molecule has 0 spiro atoms. The van der Waals surface area contributed by atoms with Crippen molar-refractivity contribution >= 4 is 17.3 Å². The molecule has 2 aliphatic heterocycles. The first kappa shape index (κ1) is 9.43. The zero-order valence-electron chi connectivity index (χ0n) is 8.21. The average Bonchev–Trinajstić information content (AvgIpc) is 2.78. The number of piperazine rings is 1. The largest absolute Gasteiger partial charge is 0.363 e. The minimum atomic E-state index is -0.213. The highest BCUT2D eigenvalue weighted by molar-refractivity contribution is 6.30. The molecule has 4 heteroatoms. The predicted octanol–water partition coefficient (Wildman–Crippen LogP) is 2.03. The van der Waals surface area contributed by atoms with Gasteiger partial charge in [-0.3, -0.25) is 0 Å². The van der Waals surface area contributed by atoms with Crippen molar-refractivity contribution < 1.29 is 4.39 Å². The molecule has 3 rings (SSSR count).